The van der Waals surface area contributed by atoms with Gasteiger partial charge in [0, 0.05) is 64.2 Å². The predicted octanol–water partition coefficient (Wildman–Crippen LogP) is 2.82. The molecule has 0 spiro atoms. The summed E-state index contributed by atoms with van der Waals surface area (Å²) in [7, 11) is 2.13. The Balaban J connectivity index is 1.26. The number of pyridine rings is 1. The smallest absolute Gasteiger partial charge is 0.256 e. The number of alkyl halides is 1. The molecule has 1 N–H and O–H groups in total. The third-order valence-electron chi connectivity index (χ3n) is 7.46. The minimum atomic E-state index is -3.49. The molecule has 0 atom stereocenters. The minimum Gasteiger partial charge on any atom is -0.370 e. The van der Waals surface area contributed by atoms with Crippen molar-refractivity contribution in [3.63, 3.8) is 0 Å². The lowest BCUT2D eigenvalue weighted by atomic mass is 9.92. The van der Waals surface area contributed by atoms with Gasteiger partial charge in [-0.05, 0) is 33.0 Å². The molecule has 2 aliphatic rings. The number of halogens is 1. The van der Waals surface area contributed by atoms with Crippen LogP contribution >= 0.6 is 0 Å². The van der Waals surface area contributed by atoms with Crippen molar-refractivity contribution in [2.75, 3.05) is 43.9 Å². The number of hydrogen-bond donors (Lipinski definition) is 1. The van der Waals surface area contributed by atoms with Gasteiger partial charge in [-0.15, -0.1) is 0 Å². The van der Waals surface area contributed by atoms with Crippen molar-refractivity contribution < 1.29 is 12.8 Å². The van der Waals surface area contributed by atoms with Crippen LogP contribution in [0.15, 0.2) is 49.3 Å². The average Bonchev–Trinajstić information content (AvgIpc) is 3.57. The first-order valence-corrected chi connectivity index (χ1v) is 15.6. The average molecular weight is 605 g/mol. The molecule has 1 saturated heterocycles. The Morgan fingerprint density at radius 1 is 1.07 bits per heavy atom. The van der Waals surface area contributed by atoms with E-state index < -0.39 is 15.7 Å². The molecule has 224 valence electrons. The summed E-state index contributed by atoms with van der Waals surface area (Å²) in [5.41, 5.74) is 1.61. The molecule has 0 amide bonds. The van der Waals surface area contributed by atoms with Crippen LogP contribution in [0.5, 0.6) is 0 Å². The number of hydrogen-bond acceptors (Lipinski definition) is 10. The summed E-state index contributed by atoms with van der Waals surface area (Å²) < 4.78 is 43.2. The molecule has 5 heterocycles. The standard InChI is InChI=1S/C29H33FN10O2S/c1-37(2)20-29(30)9-12-39(13-10-29)25-14-27(32-16-22(25)5-4-21-15-33-38(3)18-21)35-26-8-11-31-28(36-26)23-17-34-40(19-23)43(41,42)24-6-7-24/h8,11,14-19,24H,6-7,9-10,12-13,20H2,1-3H3,(H,31,32,35,36). The van der Waals surface area contributed by atoms with Gasteiger partial charge in [-0.3, -0.25) is 4.68 Å². The second-order valence-corrected chi connectivity index (χ2v) is 13.4. The van der Waals surface area contributed by atoms with Crippen LogP contribution in [0.3, 0.4) is 0 Å². The van der Waals surface area contributed by atoms with Gasteiger partial charge in [-0.25, -0.2) is 27.8 Å². The number of aryl methyl sites for hydroxylation is 1. The molecule has 0 aromatic carbocycles. The van der Waals surface area contributed by atoms with E-state index in [1.165, 1.54) is 12.4 Å². The molecule has 0 bridgehead atoms. The Morgan fingerprint density at radius 2 is 1.86 bits per heavy atom. The molecule has 1 aliphatic heterocycles. The fraction of sp³-hybridized carbons (Fsp3) is 0.414. The molecule has 6 rings (SSSR count). The fourth-order valence-electron chi connectivity index (χ4n) is 5.15. The molecule has 1 saturated carbocycles. The zero-order valence-corrected chi connectivity index (χ0v) is 25.1. The van der Waals surface area contributed by atoms with E-state index >= 15 is 4.39 Å². The van der Waals surface area contributed by atoms with E-state index in [9.17, 15) is 8.42 Å². The molecule has 0 radical (unpaired) electrons. The Morgan fingerprint density at radius 3 is 2.56 bits per heavy atom. The maximum Gasteiger partial charge on any atom is 0.256 e. The van der Waals surface area contributed by atoms with Gasteiger partial charge in [-0.2, -0.15) is 14.3 Å². The van der Waals surface area contributed by atoms with Gasteiger partial charge in [0.2, 0.25) is 0 Å². The molecule has 4 aromatic rings. The summed E-state index contributed by atoms with van der Waals surface area (Å²) in [6.07, 6.45) is 11.8. The van der Waals surface area contributed by atoms with Gasteiger partial charge in [-0.1, -0.05) is 11.8 Å². The first kappa shape index (κ1) is 28.8. The van der Waals surface area contributed by atoms with Crippen molar-refractivity contribution in [2.45, 2.75) is 36.6 Å². The SMILES string of the molecule is CN(C)CC1(F)CCN(c2cc(Nc3ccnc(-c4cnn(S(=O)(=O)C5CC5)c4)n3)ncc2C#Cc2cnn(C)c2)CC1. The molecular weight excluding hydrogens is 571 g/mol. The van der Waals surface area contributed by atoms with Crippen LogP contribution in [-0.4, -0.2) is 91.9 Å². The van der Waals surface area contributed by atoms with Crippen molar-refractivity contribution in [3.05, 3.63) is 60.4 Å². The maximum absolute atomic E-state index is 15.5. The topological polar surface area (TPSA) is 127 Å². The lowest BCUT2D eigenvalue weighted by molar-refractivity contribution is 0.0880. The monoisotopic (exact) mass is 604 g/mol. The Labute approximate surface area is 250 Å². The van der Waals surface area contributed by atoms with E-state index in [1.807, 2.05) is 38.3 Å². The van der Waals surface area contributed by atoms with E-state index in [0.29, 0.717) is 68.3 Å². The lowest BCUT2D eigenvalue weighted by Gasteiger charge is -2.39. The Hall–Kier alpha value is -4.35. The van der Waals surface area contributed by atoms with Gasteiger partial charge < -0.3 is 15.1 Å². The fourth-order valence-corrected chi connectivity index (χ4v) is 6.62. The van der Waals surface area contributed by atoms with Crippen molar-refractivity contribution in [2.24, 2.45) is 7.05 Å². The zero-order valence-electron chi connectivity index (χ0n) is 24.3. The van der Waals surface area contributed by atoms with E-state index in [-0.39, 0.29) is 5.25 Å². The van der Waals surface area contributed by atoms with Crippen molar-refractivity contribution in [3.8, 4) is 23.2 Å². The summed E-state index contributed by atoms with van der Waals surface area (Å²) in [6.45, 7) is 1.47. The van der Waals surface area contributed by atoms with Crippen molar-refractivity contribution in [1.29, 1.82) is 0 Å². The quantitative estimate of drug-likeness (QED) is 0.300. The Bertz CT molecular complexity index is 1790. The molecule has 43 heavy (non-hydrogen) atoms. The van der Waals surface area contributed by atoms with Gasteiger partial charge >= 0.3 is 0 Å². The lowest BCUT2D eigenvalue weighted by Crippen LogP contribution is -2.47. The van der Waals surface area contributed by atoms with E-state index in [1.54, 1.807) is 29.3 Å². The van der Waals surface area contributed by atoms with Crippen LogP contribution in [-0.2, 0) is 17.1 Å². The van der Waals surface area contributed by atoms with Crippen LogP contribution in [0.1, 0.15) is 36.8 Å². The van der Waals surface area contributed by atoms with Crippen LogP contribution in [0, 0.1) is 11.8 Å². The molecule has 12 nitrogen and oxygen atoms in total. The first-order valence-electron chi connectivity index (χ1n) is 14.1. The minimum absolute atomic E-state index is 0.331. The van der Waals surface area contributed by atoms with E-state index in [4.69, 9.17) is 0 Å². The molecule has 14 heteroatoms. The van der Waals surface area contributed by atoms with Gasteiger partial charge in [0.15, 0.2) is 5.82 Å². The number of rotatable bonds is 8. The zero-order chi connectivity index (χ0) is 30.2. The summed E-state index contributed by atoms with van der Waals surface area (Å²) in [5.74, 6) is 7.71. The predicted molar refractivity (Wildman–Crippen MR) is 161 cm³/mol. The summed E-state index contributed by atoms with van der Waals surface area (Å²) >= 11 is 0. The van der Waals surface area contributed by atoms with Crippen molar-refractivity contribution in [1.82, 2.24) is 38.8 Å². The highest BCUT2D eigenvalue weighted by atomic mass is 32.2. The second kappa shape index (κ2) is 11.4. The summed E-state index contributed by atoms with van der Waals surface area (Å²) in [4.78, 5) is 17.5. The first-order chi connectivity index (χ1) is 20.6. The highest BCUT2D eigenvalue weighted by molar-refractivity contribution is 7.90. The molecule has 0 unspecified atom stereocenters. The summed E-state index contributed by atoms with van der Waals surface area (Å²) in [5, 5.41) is 11.1. The van der Waals surface area contributed by atoms with E-state index in [2.05, 4.69) is 47.2 Å². The summed E-state index contributed by atoms with van der Waals surface area (Å²) in [6, 6.07) is 3.60. The molecular formula is C29H33FN10O2S. The largest absolute Gasteiger partial charge is 0.370 e. The van der Waals surface area contributed by atoms with E-state index in [0.717, 1.165) is 20.9 Å². The highest BCUT2D eigenvalue weighted by Crippen LogP contribution is 2.33. The van der Waals surface area contributed by atoms with Crippen LogP contribution in [0.4, 0.5) is 21.7 Å². The normalized spacial score (nSPS) is 16.6. The number of anilines is 3. The maximum atomic E-state index is 15.5. The van der Waals surface area contributed by atoms with Crippen LogP contribution in [0.2, 0.25) is 0 Å². The number of aromatic nitrogens is 7. The molecule has 2 fully saturated rings. The number of piperidine rings is 1. The van der Waals surface area contributed by atoms with Gasteiger partial charge in [0.05, 0.1) is 46.2 Å². The highest BCUT2D eigenvalue weighted by Gasteiger charge is 2.38. The third kappa shape index (κ3) is 6.52. The van der Waals surface area contributed by atoms with Gasteiger partial charge in [0.1, 0.15) is 17.3 Å². The molecule has 4 aromatic heterocycles. The van der Waals surface area contributed by atoms with Gasteiger partial charge in [0.25, 0.3) is 10.0 Å². The molecule has 1 aliphatic carbocycles. The van der Waals surface area contributed by atoms with Crippen LogP contribution in [0.25, 0.3) is 11.4 Å². The number of nitrogens with one attached hydrogen (secondary N) is 1. The second-order valence-electron chi connectivity index (χ2n) is 11.4. The van der Waals surface area contributed by atoms with Crippen LogP contribution < -0.4 is 10.2 Å². The van der Waals surface area contributed by atoms with Crippen molar-refractivity contribution >= 4 is 27.3 Å². The third-order valence-corrected chi connectivity index (χ3v) is 9.50. The Kier molecular flexibility index (Phi) is 7.61. The number of nitrogens with zero attached hydrogens (tertiary/aromatic N) is 9.